The third-order valence-electron chi connectivity index (χ3n) is 3.21. The van der Waals surface area contributed by atoms with Crippen LogP contribution in [0.25, 0.3) is 0 Å². The fourth-order valence-electron chi connectivity index (χ4n) is 2.04. The smallest absolute Gasteiger partial charge is 0.293 e. The van der Waals surface area contributed by atoms with Gasteiger partial charge in [0.2, 0.25) is 5.91 Å². The fourth-order valence-corrected chi connectivity index (χ4v) is 2.94. The van der Waals surface area contributed by atoms with Crippen LogP contribution in [0, 0.1) is 17.0 Å². The predicted octanol–water partition coefficient (Wildman–Crippen LogP) is 4.17. The van der Waals surface area contributed by atoms with Crippen molar-refractivity contribution in [2.45, 2.75) is 19.1 Å². The average molecular weight is 330 g/mol. The van der Waals surface area contributed by atoms with Gasteiger partial charge < -0.3 is 5.32 Å². The van der Waals surface area contributed by atoms with Crippen molar-refractivity contribution >= 4 is 29.0 Å². The van der Waals surface area contributed by atoms with Crippen molar-refractivity contribution in [1.82, 2.24) is 0 Å². The Morgan fingerprint density at radius 2 is 1.96 bits per heavy atom. The first-order valence-electron chi connectivity index (χ1n) is 7.23. The van der Waals surface area contributed by atoms with Crippen LogP contribution >= 0.6 is 11.8 Å². The molecule has 2 rings (SSSR count). The molecule has 0 aliphatic heterocycles. The number of nitrogens with zero attached hydrogens (tertiary/aromatic N) is 1. The van der Waals surface area contributed by atoms with Crippen molar-refractivity contribution in [2.24, 2.45) is 0 Å². The first kappa shape index (κ1) is 17.0. The van der Waals surface area contributed by atoms with Gasteiger partial charge in [0.1, 0.15) is 5.69 Å². The van der Waals surface area contributed by atoms with E-state index in [1.165, 1.54) is 11.6 Å². The Kier molecular flexibility index (Phi) is 6.17. The lowest BCUT2D eigenvalue weighted by molar-refractivity contribution is -0.384. The molecule has 0 aromatic heterocycles. The lowest BCUT2D eigenvalue weighted by Gasteiger charge is -2.07. The van der Waals surface area contributed by atoms with Gasteiger partial charge in [0.15, 0.2) is 0 Å². The van der Waals surface area contributed by atoms with E-state index in [-0.39, 0.29) is 17.3 Å². The van der Waals surface area contributed by atoms with Crippen molar-refractivity contribution < 1.29 is 9.72 Å². The summed E-state index contributed by atoms with van der Waals surface area (Å²) in [5.74, 6) is 1.30. The molecule has 0 bridgehead atoms. The molecule has 2 aromatic carbocycles. The number of nitro groups is 1. The van der Waals surface area contributed by atoms with Crippen LogP contribution < -0.4 is 5.32 Å². The highest BCUT2D eigenvalue weighted by molar-refractivity contribution is 7.98. The summed E-state index contributed by atoms with van der Waals surface area (Å²) >= 11 is 1.66. The zero-order valence-corrected chi connectivity index (χ0v) is 13.6. The number of thioether (sulfide) groups is 1. The summed E-state index contributed by atoms with van der Waals surface area (Å²) in [5.41, 5.74) is 2.18. The first-order chi connectivity index (χ1) is 11.1. The van der Waals surface area contributed by atoms with E-state index in [9.17, 15) is 14.9 Å². The van der Waals surface area contributed by atoms with Crippen molar-refractivity contribution in [3.63, 3.8) is 0 Å². The Hall–Kier alpha value is -2.34. The number of benzene rings is 2. The zero-order chi connectivity index (χ0) is 16.7. The normalized spacial score (nSPS) is 10.3. The molecule has 5 nitrogen and oxygen atoms in total. The van der Waals surface area contributed by atoms with Crippen LogP contribution in [0.2, 0.25) is 0 Å². The molecule has 0 spiro atoms. The number of hydrogen-bond donors (Lipinski definition) is 1. The van der Waals surface area contributed by atoms with Crippen molar-refractivity contribution in [2.75, 3.05) is 11.1 Å². The summed E-state index contributed by atoms with van der Waals surface area (Å²) in [5, 5.41) is 13.6. The summed E-state index contributed by atoms with van der Waals surface area (Å²) in [7, 11) is 0. The first-order valence-corrected chi connectivity index (χ1v) is 8.38. The number of aryl methyl sites for hydroxylation is 1. The van der Waals surface area contributed by atoms with Crippen LogP contribution in [-0.4, -0.2) is 16.6 Å². The topological polar surface area (TPSA) is 72.2 Å². The van der Waals surface area contributed by atoms with Gasteiger partial charge in [-0.2, -0.15) is 11.8 Å². The molecule has 0 radical (unpaired) electrons. The van der Waals surface area contributed by atoms with Gasteiger partial charge >= 0.3 is 0 Å². The minimum atomic E-state index is -0.479. The molecular formula is C17H18N2O3S. The maximum atomic E-state index is 11.9. The molecule has 2 aromatic rings. The van der Waals surface area contributed by atoms with Gasteiger partial charge in [-0.3, -0.25) is 14.9 Å². The van der Waals surface area contributed by atoms with E-state index < -0.39 is 4.92 Å². The second-order valence-electron chi connectivity index (χ2n) is 5.11. The van der Waals surface area contributed by atoms with Gasteiger partial charge in [-0.05, 0) is 24.1 Å². The lowest BCUT2D eigenvalue weighted by atomic mass is 10.2. The van der Waals surface area contributed by atoms with Gasteiger partial charge in [0, 0.05) is 24.0 Å². The summed E-state index contributed by atoms with van der Waals surface area (Å²) in [6.07, 6.45) is 0.322. The van der Waals surface area contributed by atoms with Crippen LogP contribution in [-0.2, 0) is 10.5 Å². The van der Waals surface area contributed by atoms with Crippen LogP contribution in [0.1, 0.15) is 17.5 Å². The number of carbonyl (C=O) groups excluding carboxylic acids is 1. The molecule has 0 aliphatic rings. The van der Waals surface area contributed by atoms with Crippen molar-refractivity contribution in [1.29, 1.82) is 0 Å². The van der Waals surface area contributed by atoms with Crippen molar-refractivity contribution in [3.05, 3.63) is 69.8 Å². The molecule has 0 aliphatic carbocycles. The molecule has 1 amide bonds. The monoisotopic (exact) mass is 330 g/mol. The molecule has 6 heteroatoms. The molecule has 0 unspecified atom stereocenters. The second kappa shape index (κ2) is 8.33. The van der Waals surface area contributed by atoms with Crippen LogP contribution in [0.3, 0.4) is 0 Å². The van der Waals surface area contributed by atoms with E-state index in [4.69, 9.17) is 0 Å². The number of nitrogens with one attached hydrogen (secondary N) is 1. The Labute approximate surface area is 139 Å². The maximum Gasteiger partial charge on any atom is 0.293 e. The largest absolute Gasteiger partial charge is 0.320 e. The van der Waals surface area contributed by atoms with Gasteiger partial charge in [-0.25, -0.2) is 0 Å². The van der Waals surface area contributed by atoms with Crippen LogP contribution in [0.15, 0.2) is 48.5 Å². The SMILES string of the molecule is Cc1ccc(NC(=O)CCSCc2ccccc2)c([N+](=O)[O-])c1. The third-order valence-corrected chi connectivity index (χ3v) is 4.24. The minimum Gasteiger partial charge on any atom is -0.320 e. The number of hydrogen-bond acceptors (Lipinski definition) is 4. The molecule has 23 heavy (non-hydrogen) atoms. The molecule has 0 heterocycles. The molecule has 0 saturated heterocycles. The molecule has 1 N–H and O–H groups in total. The van der Waals surface area contributed by atoms with E-state index in [0.29, 0.717) is 12.2 Å². The molecule has 0 saturated carbocycles. The van der Waals surface area contributed by atoms with Gasteiger partial charge in [0.25, 0.3) is 5.69 Å². The number of amides is 1. The highest BCUT2D eigenvalue weighted by Crippen LogP contribution is 2.25. The average Bonchev–Trinajstić information content (AvgIpc) is 2.54. The van der Waals surface area contributed by atoms with E-state index in [1.807, 2.05) is 30.3 Å². The maximum absolute atomic E-state index is 11.9. The minimum absolute atomic E-state index is 0.0738. The Balaban J connectivity index is 1.82. The molecular weight excluding hydrogens is 312 g/mol. The van der Waals surface area contributed by atoms with E-state index in [2.05, 4.69) is 5.32 Å². The van der Waals surface area contributed by atoms with Crippen LogP contribution in [0.4, 0.5) is 11.4 Å². The second-order valence-corrected chi connectivity index (χ2v) is 6.22. The standard InChI is InChI=1S/C17H18N2O3S/c1-13-7-8-15(16(11-13)19(21)22)18-17(20)9-10-23-12-14-5-3-2-4-6-14/h2-8,11H,9-10,12H2,1H3,(H,18,20). The number of carbonyl (C=O) groups is 1. The van der Waals surface area contributed by atoms with E-state index >= 15 is 0 Å². The summed E-state index contributed by atoms with van der Waals surface area (Å²) < 4.78 is 0. The van der Waals surface area contributed by atoms with Crippen molar-refractivity contribution in [3.8, 4) is 0 Å². The van der Waals surface area contributed by atoms with Gasteiger partial charge in [0.05, 0.1) is 4.92 Å². The predicted molar refractivity (Wildman–Crippen MR) is 93.7 cm³/mol. The summed E-state index contributed by atoms with van der Waals surface area (Å²) in [6, 6.07) is 14.8. The molecule has 120 valence electrons. The fraction of sp³-hybridized carbons (Fsp3) is 0.235. The Bertz CT molecular complexity index is 689. The Morgan fingerprint density at radius 3 is 2.65 bits per heavy atom. The highest BCUT2D eigenvalue weighted by atomic mass is 32.2. The lowest BCUT2D eigenvalue weighted by Crippen LogP contribution is -2.13. The van der Waals surface area contributed by atoms with Gasteiger partial charge in [-0.15, -0.1) is 0 Å². The highest BCUT2D eigenvalue weighted by Gasteiger charge is 2.15. The van der Waals surface area contributed by atoms with Crippen LogP contribution in [0.5, 0.6) is 0 Å². The van der Waals surface area contributed by atoms with E-state index in [1.54, 1.807) is 30.8 Å². The number of nitro benzene ring substituents is 1. The molecule has 0 fully saturated rings. The molecule has 0 atom stereocenters. The number of anilines is 1. The van der Waals surface area contributed by atoms with Gasteiger partial charge in [-0.1, -0.05) is 36.4 Å². The third kappa shape index (κ3) is 5.41. The Morgan fingerprint density at radius 1 is 1.22 bits per heavy atom. The zero-order valence-electron chi connectivity index (χ0n) is 12.8. The summed E-state index contributed by atoms with van der Waals surface area (Å²) in [4.78, 5) is 22.5. The summed E-state index contributed by atoms with van der Waals surface area (Å²) in [6.45, 7) is 1.78. The number of rotatable bonds is 7. The van der Waals surface area contributed by atoms with E-state index in [0.717, 1.165) is 11.3 Å². The quantitative estimate of drug-likeness (QED) is 0.470.